The van der Waals surface area contributed by atoms with Crippen molar-refractivity contribution in [1.29, 1.82) is 0 Å². The molecular formula is C52H96O6. The zero-order chi connectivity index (χ0) is 42.3. The van der Waals surface area contributed by atoms with Crippen LogP contribution in [0.3, 0.4) is 0 Å². The van der Waals surface area contributed by atoms with Crippen LogP contribution in [0.15, 0.2) is 24.3 Å². The maximum Gasteiger partial charge on any atom is 0.306 e. The van der Waals surface area contributed by atoms with E-state index in [4.69, 9.17) is 14.2 Å². The van der Waals surface area contributed by atoms with Gasteiger partial charge in [-0.15, -0.1) is 0 Å². The number of esters is 3. The van der Waals surface area contributed by atoms with Crippen LogP contribution >= 0.6 is 0 Å². The van der Waals surface area contributed by atoms with E-state index in [0.717, 1.165) is 70.6 Å². The Morgan fingerprint density at radius 3 is 0.983 bits per heavy atom. The smallest absolute Gasteiger partial charge is 0.306 e. The van der Waals surface area contributed by atoms with Gasteiger partial charge in [0.05, 0.1) is 0 Å². The number of hydrogen-bond donors (Lipinski definition) is 0. The third-order valence-electron chi connectivity index (χ3n) is 11.2. The summed E-state index contributed by atoms with van der Waals surface area (Å²) in [4.78, 5) is 37.9. The second-order valence-electron chi connectivity index (χ2n) is 17.1. The Bertz CT molecular complexity index is 942. The Labute approximate surface area is 360 Å². The van der Waals surface area contributed by atoms with E-state index >= 15 is 0 Å². The summed E-state index contributed by atoms with van der Waals surface area (Å²) in [5.41, 5.74) is 0. The van der Waals surface area contributed by atoms with E-state index in [9.17, 15) is 14.4 Å². The van der Waals surface area contributed by atoms with Crippen LogP contribution < -0.4 is 0 Å². The molecule has 0 heterocycles. The lowest BCUT2D eigenvalue weighted by Crippen LogP contribution is -2.30. The van der Waals surface area contributed by atoms with E-state index in [2.05, 4.69) is 45.1 Å². The molecule has 0 amide bonds. The molecule has 58 heavy (non-hydrogen) atoms. The van der Waals surface area contributed by atoms with E-state index in [1.54, 1.807) is 0 Å². The summed E-state index contributed by atoms with van der Waals surface area (Å²) in [5, 5.41) is 0. The molecule has 0 fully saturated rings. The second kappa shape index (κ2) is 47.6. The van der Waals surface area contributed by atoms with Crippen LogP contribution in [0.1, 0.15) is 271 Å². The van der Waals surface area contributed by atoms with Crippen LogP contribution in [0.25, 0.3) is 0 Å². The van der Waals surface area contributed by atoms with Gasteiger partial charge in [-0.3, -0.25) is 14.4 Å². The van der Waals surface area contributed by atoms with Gasteiger partial charge in [-0.05, 0) is 51.4 Å². The SMILES string of the molecule is CCCCC/C=C\C/C=C\CCCCCCCCCC(=O)OCC(COC(=O)CCCCCCCCCCCC)OC(=O)CCCCCCCCCCCCCCC. The largest absolute Gasteiger partial charge is 0.462 e. The molecule has 0 bridgehead atoms. The summed E-state index contributed by atoms with van der Waals surface area (Å²) >= 11 is 0. The predicted molar refractivity (Wildman–Crippen MR) is 247 cm³/mol. The molecule has 0 spiro atoms. The normalized spacial score (nSPS) is 12.1. The van der Waals surface area contributed by atoms with Crippen molar-refractivity contribution >= 4 is 17.9 Å². The molecule has 0 rings (SSSR count). The van der Waals surface area contributed by atoms with Crippen LogP contribution in [0.4, 0.5) is 0 Å². The summed E-state index contributed by atoms with van der Waals surface area (Å²) in [6.07, 6.45) is 53.0. The highest BCUT2D eigenvalue weighted by Gasteiger charge is 2.19. The first-order valence-corrected chi connectivity index (χ1v) is 25.3. The molecule has 340 valence electrons. The van der Waals surface area contributed by atoms with Gasteiger partial charge in [0.25, 0.3) is 0 Å². The molecule has 1 atom stereocenters. The fourth-order valence-corrected chi connectivity index (χ4v) is 7.36. The number of unbranched alkanes of at least 4 members (excludes halogenated alkanes) is 31. The van der Waals surface area contributed by atoms with Gasteiger partial charge in [0.15, 0.2) is 6.10 Å². The molecule has 0 saturated carbocycles. The Morgan fingerprint density at radius 1 is 0.345 bits per heavy atom. The highest BCUT2D eigenvalue weighted by molar-refractivity contribution is 5.71. The van der Waals surface area contributed by atoms with Crippen LogP contribution in [0.5, 0.6) is 0 Å². The first kappa shape index (κ1) is 55.9. The number of allylic oxidation sites excluding steroid dienone is 4. The molecule has 0 saturated heterocycles. The molecule has 0 aliphatic carbocycles. The van der Waals surface area contributed by atoms with Crippen molar-refractivity contribution in [2.45, 2.75) is 277 Å². The first-order valence-electron chi connectivity index (χ1n) is 25.3. The minimum Gasteiger partial charge on any atom is -0.462 e. The summed E-state index contributed by atoms with van der Waals surface area (Å²) < 4.78 is 16.8. The Hall–Kier alpha value is -2.11. The lowest BCUT2D eigenvalue weighted by molar-refractivity contribution is -0.167. The molecule has 0 aromatic carbocycles. The monoisotopic (exact) mass is 817 g/mol. The highest BCUT2D eigenvalue weighted by Crippen LogP contribution is 2.16. The number of carbonyl (C=O) groups is 3. The van der Waals surface area contributed by atoms with Gasteiger partial charge in [0.2, 0.25) is 0 Å². The molecular weight excluding hydrogens is 721 g/mol. The molecule has 0 aromatic rings. The topological polar surface area (TPSA) is 78.9 Å². The number of carbonyl (C=O) groups excluding carboxylic acids is 3. The standard InChI is InChI=1S/C52H96O6/c1-4-7-10-13-16-19-22-24-25-26-27-29-30-33-36-39-42-45-51(54)57-48-49(47-56-50(53)44-41-38-35-32-21-18-15-12-9-6-3)58-52(55)46-43-40-37-34-31-28-23-20-17-14-11-8-5-2/h16,19,24-25,49H,4-15,17-18,20-23,26-48H2,1-3H3/b19-16-,25-24-. The Kier molecular flexibility index (Phi) is 45.8. The number of hydrogen-bond acceptors (Lipinski definition) is 6. The van der Waals surface area contributed by atoms with Crippen molar-refractivity contribution in [3.8, 4) is 0 Å². The van der Waals surface area contributed by atoms with Gasteiger partial charge < -0.3 is 14.2 Å². The van der Waals surface area contributed by atoms with Gasteiger partial charge >= 0.3 is 17.9 Å². The van der Waals surface area contributed by atoms with E-state index in [1.807, 2.05) is 0 Å². The lowest BCUT2D eigenvalue weighted by atomic mass is 10.0. The first-order chi connectivity index (χ1) is 28.5. The van der Waals surface area contributed by atoms with Gasteiger partial charge in [-0.1, -0.05) is 225 Å². The van der Waals surface area contributed by atoms with Gasteiger partial charge in [-0.2, -0.15) is 0 Å². The van der Waals surface area contributed by atoms with Crippen LogP contribution in [0.2, 0.25) is 0 Å². The van der Waals surface area contributed by atoms with Crippen molar-refractivity contribution in [1.82, 2.24) is 0 Å². The molecule has 0 aliphatic heterocycles. The zero-order valence-electron chi connectivity index (χ0n) is 38.8. The molecule has 6 nitrogen and oxygen atoms in total. The molecule has 0 N–H and O–H groups in total. The van der Waals surface area contributed by atoms with Crippen molar-refractivity contribution in [3.63, 3.8) is 0 Å². The minimum atomic E-state index is -0.767. The Balaban J connectivity index is 4.31. The number of rotatable bonds is 46. The molecule has 6 heteroatoms. The molecule has 0 aromatic heterocycles. The van der Waals surface area contributed by atoms with Gasteiger partial charge in [-0.25, -0.2) is 0 Å². The van der Waals surface area contributed by atoms with Crippen LogP contribution in [-0.2, 0) is 28.6 Å². The zero-order valence-corrected chi connectivity index (χ0v) is 38.8. The molecule has 1 unspecified atom stereocenters. The van der Waals surface area contributed by atoms with Crippen LogP contribution in [0, 0.1) is 0 Å². The average molecular weight is 817 g/mol. The third-order valence-corrected chi connectivity index (χ3v) is 11.2. The van der Waals surface area contributed by atoms with Crippen molar-refractivity contribution in [2.75, 3.05) is 13.2 Å². The average Bonchev–Trinajstić information content (AvgIpc) is 3.22. The molecule has 0 radical (unpaired) electrons. The number of ether oxygens (including phenoxy) is 3. The van der Waals surface area contributed by atoms with E-state index in [0.29, 0.717) is 19.3 Å². The van der Waals surface area contributed by atoms with Crippen LogP contribution in [-0.4, -0.2) is 37.2 Å². The summed E-state index contributed by atoms with van der Waals surface area (Å²) in [6.45, 7) is 6.61. The fourth-order valence-electron chi connectivity index (χ4n) is 7.36. The summed E-state index contributed by atoms with van der Waals surface area (Å²) in [5.74, 6) is -0.867. The summed E-state index contributed by atoms with van der Waals surface area (Å²) in [6, 6.07) is 0. The predicted octanol–water partition coefficient (Wildman–Crippen LogP) is 16.4. The fraction of sp³-hybridized carbons (Fsp3) is 0.865. The van der Waals surface area contributed by atoms with E-state index in [-0.39, 0.29) is 31.1 Å². The van der Waals surface area contributed by atoms with E-state index in [1.165, 1.54) is 161 Å². The third kappa shape index (κ3) is 45.0. The van der Waals surface area contributed by atoms with Crippen molar-refractivity contribution in [2.24, 2.45) is 0 Å². The lowest BCUT2D eigenvalue weighted by Gasteiger charge is -2.18. The maximum absolute atomic E-state index is 12.8. The second-order valence-corrected chi connectivity index (χ2v) is 17.1. The molecule has 0 aliphatic rings. The quantitative estimate of drug-likeness (QED) is 0.0263. The summed E-state index contributed by atoms with van der Waals surface area (Å²) in [7, 11) is 0. The van der Waals surface area contributed by atoms with E-state index < -0.39 is 6.10 Å². The van der Waals surface area contributed by atoms with Crippen molar-refractivity contribution < 1.29 is 28.6 Å². The van der Waals surface area contributed by atoms with Gasteiger partial charge in [0.1, 0.15) is 13.2 Å². The minimum absolute atomic E-state index is 0.0693. The highest BCUT2D eigenvalue weighted by atomic mass is 16.6. The van der Waals surface area contributed by atoms with Gasteiger partial charge in [0, 0.05) is 19.3 Å². The maximum atomic E-state index is 12.8. The Morgan fingerprint density at radius 2 is 0.621 bits per heavy atom. The van der Waals surface area contributed by atoms with Crippen molar-refractivity contribution in [3.05, 3.63) is 24.3 Å².